The zero-order valence-electron chi connectivity index (χ0n) is 10.9. The lowest BCUT2D eigenvalue weighted by molar-refractivity contribution is -0.384. The smallest absolute Gasteiger partial charge is 0.292 e. The Hall–Kier alpha value is -1.14. The molecule has 0 heterocycles. The van der Waals surface area contributed by atoms with Crippen molar-refractivity contribution in [3.05, 3.63) is 32.8 Å². The van der Waals surface area contributed by atoms with Crippen LogP contribution < -0.4 is 10.6 Å². The van der Waals surface area contributed by atoms with Gasteiger partial charge in [-0.25, -0.2) is 0 Å². The molecule has 1 aliphatic carbocycles. The van der Waals surface area contributed by atoms with Crippen molar-refractivity contribution in [1.29, 1.82) is 0 Å². The molecule has 104 valence electrons. The van der Waals surface area contributed by atoms with Crippen molar-refractivity contribution in [3.8, 4) is 0 Å². The van der Waals surface area contributed by atoms with Crippen molar-refractivity contribution in [2.45, 2.75) is 37.8 Å². The molecule has 2 N–H and O–H groups in total. The Morgan fingerprint density at radius 2 is 1.89 bits per heavy atom. The van der Waals surface area contributed by atoms with Gasteiger partial charge >= 0.3 is 0 Å². The molecule has 19 heavy (non-hydrogen) atoms. The molecule has 0 aliphatic heterocycles. The predicted molar refractivity (Wildman–Crippen MR) is 79.5 cm³/mol. The lowest BCUT2D eigenvalue weighted by atomic mass is 9.91. The van der Waals surface area contributed by atoms with Gasteiger partial charge in [-0.15, -0.1) is 0 Å². The Morgan fingerprint density at radius 3 is 2.47 bits per heavy atom. The summed E-state index contributed by atoms with van der Waals surface area (Å²) in [5.41, 5.74) is 0.742. The average Bonchev–Trinajstić information content (AvgIpc) is 2.39. The third kappa shape index (κ3) is 3.67. The molecule has 2 rings (SSSR count). The first-order valence-corrected chi connectivity index (χ1v) is 7.27. The molecule has 1 fully saturated rings. The molecule has 5 nitrogen and oxygen atoms in total. The first-order valence-electron chi connectivity index (χ1n) is 6.48. The molecule has 0 atom stereocenters. The van der Waals surface area contributed by atoms with Crippen molar-refractivity contribution in [1.82, 2.24) is 5.32 Å². The van der Waals surface area contributed by atoms with E-state index in [1.165, 1.54) is 6.07 Å². The Morgan fingerprint density at radius 1 is 1.26 bits per heavy atom. The highest BCUT2D eigenvalue weighted by Gasteiger charge is 2.22. The fraction of sp³-hybridized carbons (Fsp3) is 0.538. The summed E-state index contributed by atoms with van der Waals surface area (Å²) in [6.45, 7) is 0. The average molecular weight is 328 g/mol. The van der Waals surface area contributed by atoms with Crippen LogP contribution in [0.15, 0.2) is 22.7 Å². The van der Waals surface area contributed by atoms with E-state index in [4.69, 9.17) is 0 Å². The summed E-state index contributed by atoms with van der Waals surface area (Å²) in [7, 11) is 1.98. The van der Waals surface area contributed by atoms with Gasteiger partial charge in [0.25, 0.3) is 5.69 Å². The summed E-state index contributed by atoms with van der Waals surface area (Å²) >= 11 is 3.36. The fourth-order valence-corrected chi connectivity index (χ4v) is 2.89. The molecule has 0 aromatic heterocycles. The molecule has 0 amide bonds. The second-order valence-electron chi connectivity index (χ2n) is 4.90. The van der Waals surface area contributed by atoms with Gasteiger partial charge < -0.3 is 10.6 Å². The van der Waals surface area contributed by atoms with Crippen molar-refractivity contribution in [2.24, 2.45) is 0 Å². The van der Waals surface area contributed by atoms with E-state index in [1.54, 1.807) is 12.1 Å². The summed E-state index contributed by atoms with van der Waals surface area (Å²) in [6.07, 6.45) is 4.29. The van der Waals surface area contributed by atoms with Gasteiger partial charge in [-0.05, 0) is 44.9 Å². The van der Waals surface area contributed by atoms with E-state index in [2.05, 4.69) is 26.6 Å². The van der Waals surface area contributed by atoms with Crippen LogP contribution in [0.1, 0.15) is 25.7 Å². The Kier molecular flexibility index (Phi) is 4.76. The zero-order chi connectivity index (χ0) is 13.8. The Balaban J connectivity index is 2.06. The Labute approximate surface area is 121 Å². The summed E-state index contributed by atoms with van der Waals surface area (Å²) in [5.74, 6) is 0. The van der Waals surface area contributed by atoms with E-state index in [9.17, 15) is 10.1 Å². The maximum atomic E-state index is 11.0. The molecule has 1 aromatic rings. The molecule has 0 bridgehead atoms. The Bertz CT molecular complexity index is 459. The zero-order valence-corrected chi connectivity index (χ0v) is 12.4. The summed E-state index contributed by atoms with van der Waals surface area (Å²) < 4.78 is 0.851. The maximum Gasteiger partial charge on any atom is 0.292 e. The minimum Gasteiger partial charge on any atom is -0.377 e. The van der Waals surface area contributed by atoms with Crippen molar-refractivity contribution in [2.75, 3.05) is 12.4 Å². The minimum absolute atomic E-state index is 0.138. The van der Waals surface area contributed by atoms with Crippen LogP contribution in [0.5, 0.6) is 0 Å². The van der Waals surface area contributed by atoms with Gasteiger partial charge in [-0.1, -0.05) is 15.9 Å². The van der Waals surface area contributed by atoms with E-state index in [0.29, 0.717) is 17.8 Å². The number of nitrogens with zero attached hydrogens (tertiary/aromatic N) is 1. The van der Waals surface area contributed by atoms with E-state index < -0.39 is 0 Å². The van der Waals surface area contributed by atoms with Crippen LogP contribution in [0.4, 0.5) is 11.4 Å². The first-order chi connectivity index (χ1) is 9.10. The third-order valence-corrected chi connectivity index (χ3v) is 4.14. The van der Waals surface area contributed by atoms with E-state index >= 15 is 0 Å². The fourth-order valence-electron chi connectivity index (χ4n) is 2.53. The number of hydrogen-bond acceptors (Lipinski definition) is 4. The van der Waals surface area contributed by atoms with Gasteiger partial charge in [0.2, 0.25) is 0 Å². The van der Waals surface area contributed by atoms with Gasteiger partial charge in [0.15, 0.2) is 0 Å². The van der Waals surface area contributed by atoms with Gasteiger partial charge in [0.1, 0.15) is 5.69 Å². The lowest BCUT2D eigenvalue weighted by Gasteiger charge is -2.29. The quantitative estimate of drug-likeness (QED) is 0.657. The van der Waals surface area contributed by atoms with Crippen LogP contribution in [-0.2, 0) is 0 Å². The van der Waals surface area contributed by atoms with Crippen molar-refractivity contribution < 1.29 is 4.92 Å². The normalized spacial score (nSPS) is 23.1. The van der Waals surface area contributed by atoms with Gasteiger partial charge in [-0.2, -0.15) is 0 Å². The highest BCUT2D eigenvalue weighted by Crippen LogP contribution is 2.30. The number of halogens is 1. The van der Waals surface area contributed by atoms with Crippen molar-refractivity contribution in [3.63, 3.8) is 0 Å². The number of nitro groups is 1. The minimum atomic E-state index is -0.339. The van der Waals surface area contributed by atoms with Gasteiger partial charge in [-0.3, -0.25) is 10.1 Å². The van der Waals surface area contributed by atoms with E-state index in [0.717, 1.165) is 30.2 Å². The molecule has 1 aliphatic rings. The second kappa shape index (κ2) is 6.34. The highest BCUT2D eigenvalue weighted by molar-refractivity contribution is 9.10. The third-order valence-electron chi connectivity index (χ3n) is 3.65. The van der Waals surface area contributed by atoms with Crippen LogP contribution in [0, 0.1) is 10.1 Å². The van der Waals surface area contributed by atoms with Crippen molar-refractivity contribution >= 4 is 27.3 Å². The highest BCUT2D eigenvalue weighted by atomic mass is 79.9. The molecular formula is C13H18BrN3O2. The topological polar surface area (TPSA) is 67.2 Å². The largest absolute Gasteiger partial charge is 0.377 e. The molecule has 0 radical (unpaired) electrons. The van der Waals surface area contributed by atoms with Crippen LogP contribution in [0.3, 0.4) is 0 Å². The van der Waals surface area contributed by atoms with Gasteiger partial charge in [0.05, 0.1) is 4.92 Å². The summed E-state index contributed by atoms with van der Waals surface area (Å²) in [4.78, 5) is 10.7. The molecule has 1 saturated carbocycles. The van der Waals surface area contributed by atoms with Crippen LogP contribution in [-0.4, -0.2) is 24.1 Å². The van der Waals surface area contributed by atoms with Crippen LogP contribution >= 0.6 is 15.9 Å². The van der Waals surface area contributed by atoms with E-state index in [1.807, 2.05) is 7.05 Å². The van der Waals surface area contributed by atoms with Gasteiger partial charge in [0, 0.05) is 22.6 Å². The molecule has 1 aromatic carbocycles. The SMILES string of the molecule is CNC1CCC(Nc2cc(Br)ccc2[N+](=O)[O-])CC1. The molecule has 0 unspecified atom stereocenters. The number of nitrogens with one attached hydrogen (secondary N) is 2. The summed E-state index contributed by atoms with van der Waals surface area (Å²) in [6, 6.07) is 5.91. The number of hydrogen-bond donors (Lipinski definition) is 2. The molecule has 0 spiro atoms. The number of nitro benzene ring substituents is 1. The summed E-state index contributed by atoms with van der Waals surface area (Å²) in [5, 5.41) is 17.6. The molecule has 0 saturated heterocycles. The van der Waals surface area contributed by atoms with Crippen LogP contribution in [0.2, 0.25) is 0 Å². The monoisotopic (exact) mass is 327 g/mol. The molecule has 6 heteroatoms. The first kappa shape index (κ1) is 14.3. The molecular weight excluding hydrogens is 310 g/mol. The number of anilines is 1. The lowest BCUT2D eigenvalue weighted by Crippen LogP contribution is -2.35. The maximum absolute atomic E-state index is 11.0. The second-order valence-corrected chi connectivity index (χ2v) is 5.82. The standard InChI is InChI=1S/C13H18BrN3O2/c1-15-10-3-5-11(6-4-10)16-12-8-9(14)2-7-13(12)17(18)19/h2,7-8,10-11,15-16H,3-6H2,1H3. The van der Waals surface area contributed by atoms with E-state index in [-0.39, 0.29) is 10.6 Å². The predicted octanol–water partition coefficient (Wildman–Crippen LogP) is 3.30. The van der Waals surface area contributed by atoms with Crippen LogP contribution in [0.25, 0.3) is 0 Å². The number of rotatable bonds is 4. The number of benzene rings is 1.